The number of benzene rings is 2. The van der Waals surface area contributed by atoms with Crippen LogP contribution in [-0.2, 0) is 4.79 Å². The van der Waals surface area contributed by atoms with Gasteiger partial charge in [0, 0.05) is 12.6 Å². The van der Waals surface area contributed by atoms with Crippen LogP contribution in [0.5, 0.6) is 11.5 Å². The van der Waals surface area contributed by atoms with E-state index < -0.39 is 0 Å². The number of hydrogen-bond acceptors (Lipinski definition) is 4. The quantitative estimate of drug-likeness (QED) is 0.670. The SMILES string of the molecule is CCOc1cc(/C=C/C(=O)NCC(c2ccc(C)cc2)N(C)C)ccc1OC. The molecule has 0 saturated carbocycles. The Balaban J connectivity index is 2.00. The molecule has 0 fully saturated rings. The summed E-state index contributed by atoms with van der Waals surface area (Å²) in [6, 6.07) is 14.1. The normalized spacial score (nSPS) is 12.2. The van der Waals surface area contributed by atoms with Crippen LogP contribution in [0.15, 0.2) is 48.5 Å². The first kappa shape index (κ1) is 21.5. The highest BCUT2D eigenvalue weighted by Crippen LogP contribution is 2.28. The molecule has 0 spiro atoms. The predicted molar refractivity (Wildman–Crippen MR) is 114 cm³/mol. The average Bonchev–Trinajstić information content (AvgIpc) is 2.68. The Labute approximate surface area is 168 Å². The van der Waals surface area contributed by atoms with Crippen LogP contribution >= 0.6 is 0 Å². The maximum Gasteiger partial charge on any atom is 0.244 e. The molecular formula is C23H30N2O3. The molecule has 0 aliphatic heterocycles. The third kappa shape index (κ3) is 6.13. The lowest BCUT2D eigenvalue weighted by Crippen LogP contribution is -2.33. The van der Waals surface area contributed by atoms with Crippen molar-refractivity contribution >= 4 is 12.0 Å². The Hall–Kier alpha value is -2.79. The van der Waals surface area contributed by atoms with E-state index in [0.717, 1.165) is 5.56 Å². The van der Waals surface area contributed by atoms with Crippen LogP contribution in [-0.4, -0.2) is 45.2 Å². The number of carbonyl (C=O) groups is 1. The standard InChI is InChI=1S/C23H30N2O3/c1-6-28-22-15-18(9-13-21(22)27-5)10-14-23(26)24-16-20(25(3)4)19-11-7-17(2)8-12-19/h7-15,20H,6,16H2,1-5H3,(H,24,26)/b14-10+. The van der Waals surface area contributed by atoms with Crippen molar-refractivity contribution in [3.8, 4) is 11.5 Å². The highest BCUT2D eigenvalue weighted by molar-refractivity contribution is 5.91. The monoisotopic (exact) mass is 382 g/mol. The second kappa shape index (κ2) is 10.5. The number of rotatable bonds is 9. The molecule has 5 heteroatoms. The molecule has 2 aromatic carbocycles. The largest absolute Gasteiger partial charge is 0.493 e. The molecule has 1 atom stereocenters. The lowest BCUT2D eigenvalue weighted by molar-refractivity contribution is -0.116. The first-order valence-corrected chi connectivity index (χ1v) is 9.44. The molecule has 5 nitrogen and oxygen atoms in total. The number of nitrogens with one attached hydrogen (secondary N) is 1. The summed E-state index contributed by atoms with van der Waals surface area (Å²) in [4.78, 5) is 14.4. The minimum absolute atomic E-state index is 0.114. The van der Waals surface area contributed by atoms with E-state index in [1.165, 1.54) is 11.1 Å². The summed E-state index contributed by atoms with van der Waals surface area (Å²) in [5.74, 6) is 1.21. The Morgan fingerprint density at radius 2 is 1.86 bits per heavy atom. The van der Waals surface area contributed by atoms with Gasteiger partial charge in [-0.25, -0.2) is 0 Å². The number of nitrogens with zero attached hydrogens (tertiary/aromatic N) is 1. The molecule has 0 heterocycles. The molecule has 2 rings (SSSR count). The molecule has 0 radical (unpaired) electrons. The Bertz CT molecular complexity index is 798. The zero-order valence-corrected chi connectivity index (χ0v) is 17.4. The molecule has 150 valence electrons. The molecule has 0 bridgehead atoms. The Morgan fingerprint density at radius 1 is 1.14 bits per heavy atom. The van der Waals surface area contributed by atoms with Crippen molar-refractivity contribution in [1.29, 1.82) is 0 Å². The summed E-state index contributed by atoms with van der Waals surface area (Å²) in [6.07, 6.45) is 3.31. The van der Waals surface area contributed by atoms with E-state index in [0.29, 0.717) is 24.7 Å². The highest BCUT2D eigenvalue weighted by Gasteiger charge is 2.14. The minimum Gasteiger partial charge on any atom is -0.493 e. The van der Waals surface area contributed by atoms with E-state index in [4.69, 9.17) is 9.47 Å². The van der Waals surface area contributed by atoms with Crippen LogP contribution in [0.3, 0.4) is 0 Å². The topological polar surface area (TPSA) is 50.8 Å². The van der Waals surface area contributed by atoms with Gasteiger partial charge >= 0.3 is 0 Å². The molecule has 0 aliphatic rings. The zero-order chi connectivity index (χ0) is 20.5. The molecule has 0 aliphatic carbocycles. The second-order valence-corrected chi connectivity index (χ2v) is 6.81. The van der Waals surface area contributed by atoms with Crippen molar-refractivity contribution in [3.63, 3.8) is 0 Å². The van der Waals surface area contributed by atoms with Gasteiger partial charge in [0.1, 0.15) is 0 Å². The summed E-state index contributed by atoms with van der Waals surface area (Å²) in [5.41, 5.74) is 3.28. The van der Waals surface area contributed by atoms with Gasteiger partial charge in [-0.15, -0.1) is 0 Å². The second-order valence-electron chi connectivity index (χ2n) is 6.81. The number of methoxy groups -OCH3 is 1. The van der Waals surface area contributed by atoms with E-state index in [9.17, 15) is 4.79 Å². The van der Waals surface area contributed by atoms with E-state index in [1.54, 1.807) is 19.3 Å². The molecule has 0 saturated heterocycles. The van der Waals surface area contributed by atoms with Gasteiger partial charge in [-0.1, -0.05) is 35.9 Å². The summed E-state index contributed by atoms with van der Waals surface area (Å²) < 4.78 is 10.9. The van der Waals surface area contributed by atoms with Crippen molar-refractivity contribution < 1.29 is 14.3 Å². The van der Waals surface area contributed by atoms with Crippen LogP contribution in [0.4, 0.5) is 0 Å². The number of hydrogen-bond donors (Lipinski definition) is 1. The molecule has 1 unspecified atom stereocenters. The van der Waals surface area contributed by atoms with Crippen LogP contribution in [0.1, 0.15) is 29.7 Å². The number of ether oxygens (including phenoxy) is 2. The first-order chi connectivity index (χ1) is 13.4. The van der Waals surface area contributed by atoms with Gasteiger partial charge in [-0.05, 0) is 57.3 Å². The van der Waals surface area contributed by atoms with Gasteiger partial charge in [-0.2, -0.15) is 0 Å². The summed E-state index contributed by atoms with van der Waals surface area (Å²) in [7, 11) is 5.63. The van der Waals surface area contributed by atoms with E-state index in [2.05, 4.69) is 41.4 Å². The van der Waals surface area contributed by atoms with E-state index >= 15 is 0 Å². The van der Waals surface area contributed by atoms with Gasteiger partial charge in [0.2, 0.25) is 5.91 Å². The summed E-state index contributed by atoms with van der Waals surface area (Å²) in [5, 5.41) is 2.99. The van der Waals surface area contributed by atoms with E-state index in [-0.39, 0.29) is 11.9 Å². The van der Waals surface area contributed by atoms with Gasteiger partial charge in [0.25, 0.3) is 0 Å². The average molecular weight is 383 g/mol. The first-order valence-electron chi connectivity index (χ1n) is 9.44. The van der Waals surface area contributed by atoms with Gasteiger partial charge < -0.3 is 19.7 Å². The minimum atomic E-state index is -0.132. The highest BCUT2D eigenvalue weighted by atomic mass is 16.5. The summed E-state index contributed by atoms with van der Waals surface area (Å²) in [6.45, 7) is 5.07. The Kier molecular flexibility index (Phi) is 8.08. The molecule has 1 amide bonds. The van der Waals surface area contributed by atoms with Crippen LogP contribution < -0.4 is 14.8 Å². The molecular weight excluding hydrogens is 352 g/mol. The number of carbonyl (C=O) groups excluding carboxylic acids is 1. The number of amides is 1. The third-order valence-corrected chi connectivity index (χ3v) is 4.47. The van der Waals surface area contributed by atoms with Gasteiger partial charge in [-0.3, -0.25) is 4.79 Å². The van der Waals surface area contributed by atoms with Crippen molar-refractivity contribution in [2.45, 2.75) is 19.9 Å². The fraction of sp³-hybridized carbons (Fsp3) is 0.348. The molecule has 2 aromatic rings. The van der Waals surface area contributed by atoms with Crippen molar-refractivity contribution in [1.82, 2.24) is 10.2 Å². The molecule has 0 aromatic heterocycles. The predicted octanol–water partition coefficient (Wildman–Crippen LogP) is 3.83. The van der Waals surface area contributed by atoms with E-state index in [1.807, 2.05) is 39.2 Å². The summed E-state index contributed by atoms with van der Waals surface area (Å²) >= 11 is 0. The maximum atomic E-state index is 12.3. The van der Waals surface area contributed by atoms with Crippen molar-refractivity contribution in [3.05, 3.63) is 65.2 Å². The van der Waals surface area contributed by atoms with Crippen LogP contribution in [0.25, 0.3) is 6.08 Å². The molecule has 28 heavy (non-hydrogen) atoms. The van der Waals surface area contributed by atoms with Gasteiger partial charge in [0.15, 0.2) is 11.5 Å². The number of likely N-dealkylation sites (N-methyl/N-ethyl adjacent to an activating group) is 1. The molecule has 1 N–H and O–H groups in total. The Morgan fingerprint density at radius 3 is 2.46 bits per heavy atom. The number of aryl methyl sites for hydroxylation is 1. The maximum absolute atomic E-state index is 12.3. The van der Waals surface area contributed by atoms with Crippen molar-refractivity contribution in [2.75, 3.05) is 34.4 Å². The fourth-order valence-corrected chi connectivity index (χ4v) is 2.88. The lowest BCUT2D eigenvalue weighted by atomic mass is 10.0. The van der Waals surface area contributed by atoms with Crippen LogP contribution in [0.2, 0.25) is 0 Å². The van der Waals surface area contributed by atoms with Gasteiger partial charge in [0.05, 0.1) is 19.8 Å². The van der Waals surface area contributed by atoms with Crippen LogP contribution in [0, 0.1) is 6.92 Å². The zero-order valence-electron chi connectivity index (χ0n) is 17.4. The third-order valence-electron chi connectivity index (χ3n) is 4.47. The smallest absolute Gasteiger partial charge is 0.244 e. The van der Waals surface area contributed by atoms with Crippen molar-refractivity contribution in [2.24, 2.45) is 0 Å². The lowest BCUT2D eigenvalue weighted by Gasteiger charge is -2.25. The fourth-order valence-electron chi connectivity index (χ4n) is 2.88.